The molecule has 92 valence electrons. The molecular formula is C10H14N4O3. The molecule has 0 saturated carbocycles. The Labute approximate surface area is 96.3 Å². The van der Waals surface area contributed by atoms with Crippen LogP contribution in [-0.2, 0) is 20.5 Å². The van der Waals surface area contributed by atoms with Crippen molar-refractivity contribution >= 4 is 11.2 Å². The van der Waals surface area contributed by atoms with Gasteiger partial charge in [0.15, 0.2) is 5.65 Å². The van der Waals surface area contributed by atoms with Crippen molar-refractivity contribution in [3.05, 3.63) is 26.7 Å². The number of aromatic nitrogens is 4. The molecule has 2 heterocycles. The maximum absolute atomic E-state index is 11.8. The summed E-state index contributed by atoms with van der Waals surface area (Å²) in [6.45, 7) is 0.0635. The number of hydrogen-bond acceptors (Lipinski definition) is 4. The van der Waals surface area contributed by atoms with Crippen LogP contribution in [0.15, 0.2) is 9.59 Å². The number of nitrogens with one attached hydrogen (secondary N) is 1. The van der Waals surface area contributed by atoms with Gasteiger partial charge in [-0.05, 0) is 6.42 Å². The van der Waals surface area contributed by atoms with Crippen LogP contribution in [0.1, 0.15) is 12.2 Å². The van der Waals surface area contributed by atoms with Crippen molar-refractivity contribution in [2.75, 3.05) is 6.61 Å². The summed E-state index contributed by atoms with van der Waals surface area (Å²) in [7, 11) is 3.00. The summed E-state index contributed by atoms with van der Waals surface area (Å²) < 4.78 is 2.37. The maximum atomic E-state index is 11.8. The van der Waals surface area contributed by atoms with Crippen LogP contribution < -0.4 is 11.2 Å². The Morgan fingerprint density at radius 1 is 1.29 bits per heavy atom. The number of aryl methyl sites for hydroxylation is 2. The van der Waals surface area contributed by atoms with E-state index in [0.29, 0.717) is 29.8 Å². The quantitative estimate of drug-likeness (QED) is 0.708. The van der Waals surface area contributed by atoms with Gasteiger partial charge < -0.3 is 10.1 Å². The largest absolute Gasteiger partial charge is 0.396 e. The number of H-pyrrole nitrogens is 1. The zero-order chi connectivity index (χ0) is 12.6. The van der Waals surface area contributed by atoms with E-state index in [1.165, 1.54) is 11.6 Å². The first-order chi connectivity index (χ1) is 8.06. The lowest BCUT2D eigenvalue weighted by Crippen LogP contribution is -2.36. The van der Waals surface area contributed by atoms with Crippen LogP contribution in [0.25, 0.3) is 11.2 Å². The molecular weight excluding hydrogens is 224 g/mol. The van der Waals surface area contributed by atoms with E-state index in [4.69, 9.17) is 5.11 Å². The second-order valence-corrected chi connectivity index (χ2v) is 3.92. The molecule has 2 N–H and O–H groups in total. The molecule has 2 aromatic heterocycles. The topological polar surface area (TPSA) is 92.9 Å². The Hall–Kier alpha value is -1.89. The van der Waals surface area contributed by atoms with Gasteiger partial charge in [0.2, 0.25) is 0 Å². The minimum atomic E-state index is -0.400. The molecule has 7 nitrogen and oxygen atoms in total. The number of rotatable bonds is 3. The van der Waals surface area contributed by atoms with Crippen molar-refractivity contribution in [3.8, 4) is 0 Å². The molecule has 17 heavy (non-hydrogen) atoms. The zero-order valence-corrected chi connectivity index (χ0v) is 9.73. The fourth-order valence-electron chi connectivity index (χ4n) is 1.74. The molecule has 0 bridgehead atoms. The fourth-order valence-corrected chi connectivity index (χ4v) is 1.74. The van der Waals surface area contributed by atoms with Gasteiger partial charge in [-0.3, -0.25) is 13.9 Å². The highest BCUT2D eigenvalue weighted by atomic mass is 16.3. The van der Waals surface area contributed by atoms with Gasteiger partial charge in [-0.2, -0.15) is 0 Å². The predicted octanol–water partition coefficient (Wildman–Crippen LogP) is -1.11. The number of nitrogens with zero attached hydrogens (tertiary/aromatic N) is 3. The number of hydrogen-bond donors (Lipinski definition) is 2. The van der Waals surface area contributed by atoms with Gasteiger partial charge in [0.05, 0.1) is 0 Å². The Morgan fingerprint density at radius 3 is 2.65 bits per heavy atom. The summed E-state index contributed by atoms with van der Waals surface area (Å²) in [5.74, 6) is 0.604. The number of aromatic amines is 1. The first-order valence-electron chi connectivity index (χ1n) is 5.31. The minimum absolute atomic E-state index is 0.0635. The van der Waals surface area contributed by atoms with E-state index < -0.39 is 5.69 Å². The smallest absolute Gasteiger partial charge is 0.332 e. The highest BCUT2D eigenvalue weighted by Gasteiger charge is 2.12. The minimum Gasteiger partial charge on any atom is -0.396 e. The first kappa shape index (κ1) is 11.6. The van der Waals surface area contributed by atoms with Gasteiger partial charge in [-0.25, -0.2) is 9.78 Å². The monoisotopic (exact) mass is 238 g/mol. The van der Waals surface area contributed by atoms with Crippen molar-refractivity contribution in [3.63, 3.8) is 0 Å². The molecule has 0 aliphatic carbocycles. The van der Waals surface area contributed by atoms with Gasteiger partial charge in [-0.15, -0.1) is 0 Å². The number of imidazole rings is 1. The summed E-state index contributed by atoms with van der Waals surface area (Å²) in [4.78, 5) is 30.6. The van der Waals surface area contributed by atoms with Crippen LogP contribution in [-0.4, -0.2) is 30.8 Å². The molecule has 0 spiro atoms. The van der Waals surface area contributed by atoms with Gasteiger partial charge in [-0.1, -0.05) is 0 Å². The van der Waals surface area contributed by atoms with E-state index in [2.05, 4.69) is 9.97 Å². The van der Waals surface area contributed by atoms with Crippen LogP contribution in [0.5, 0.6) is 0 Å². The van der Waals surface area contributed by atoms with E-state index in [1.807, 2.05) is 0 Å². The van der Waals surface area contributed by atoms with Gasteiger partial charge >= 0.3 is 5.69 Å². The number of fused-ring (bicyclic) bond motifs is 1. The second-order valence-electron chi connectivity index (χ2n) is 3.92. The molecule has 0 aliphatic heterocycles. The van der Waals surface area contributed by atoms with Gasteiger partial charge in [0.25, 0.3) is 5.56 Å². The lowest BCUT2D eigenvalue weighted by molar-refractivity contribution is 0.287. The first-order valence-corrected chi connectivity index (χ1v) is 5.31. The van der Waals surface area contributed by atoms with Crippen molar-refractivity contribution in [1.29, 1.82) is 0 Å². The van der Waals surface area contributed by atoms with Crippen molar-refractivity contribution in [2.24, 2.45) is 14.1 Å². The number of aliphatic hydroxyl groups excluding tert-OH is 1. The van der Waals surface area contributed by atoms with E-state index in [-0.39, 0.29) is 12.2 Å². The third-order valence-corrected chi connectivity index (χ3v) is 2.72. The van der Waals surface area contributed by atoms with Crippen LogP contribution in [0.4, 0.5) is 0 Å². The Bertz CT molecular complexity index is 664. The molecule has 0 amide bonds. The highest BCUT2D eigenvalue weighted by Crippen LogP contribution is 2.05. The average molecular weight is 238 g/mol. The molecule has 0 fully saturated rings. The number of aliphatic hydroxyl groups is 1. The highest BCUT2D eigenvalue weighted by molar-refractivity contribution is 5.69. The maximum Gasteiger partial charge on any atom is 0.332 e. The molecule has 2 aromatic rings. The van der Waals surface area contributed by atoms with Crippen molar-refractivity contribution < 1.29 is 5.11 Å². The lowest BCUT2D eigenvalue weighted by Gasteiger charge is -2.00. The average Bonchev–Trinajstić information content (AvgIpc) is 2.75. The summed E-state index contributed by atoms with van der Waals surface area (Å²) in [5, 5.41) is 8.74. The zero-order valence-electron chi connectivity index (χ0n) is 9.73. The molecule has 0 unspecified atom stereocenters. The molecule has 0 radical (unpaired) electrons. The summed E-state index contributed by atoms with van der Waals surface area (Å²) in [5.41, 5.74) is -0.109. The third kappa shape index (κ3) is 1.78. The molecule has 2 rings (SSSR count). The van der Waals surface area contributed by atoms with Crippen molar-refractivity contribution in [2.45, 2.75) is 12.8 Å². The normalized spacial score (nSPS) is 11.2. The molecule has 0 aliphatic rings. The summed E-state index contributed by atoms with van der Waals surface area (Å²) >= 11 is 0. The van der Waals surface area contributed by atoms with E-state index in [1.54, 1.807) is 7.05 Å². The van der Waals surface area contributed by atoms with Crippen LogP contribution in [0, 0.1) is 0 Å². The molecule has 0 atom stereocenters. The van der Waals surface area contributed by atoms with Gasteiger partial charge in [0, 0.05) is 27.1 Å². The molecule has 0 aromatic carbocycles. The van der Waals surface area contributed by atoms with E-state index in [0.717, 1.165) is 4.57 Å². The standard InChI is InChI=1S/C10H14N4O3/c1-13-8-7(9(16)14(2)10(13)17)11-6(12-8)4-3-5-15/h15H,3-5H2,1-2H3,(H,11,12). The van der Waals surface area contributed by atoms with Crippen LogP contribution in [0.3, 0.4) is 0 Å². The van der Waals surface area contributed by atoms with Crippen molar-refractivity contribution in [1.82, 2.24) is 19.1 Å². The Balaban J connectivity index is 2.69. The third-order valence-electron chi connectivity index (χ3n) is 2.72. The SMILES string of the molecule is Cn1c(=O)c2[nH]c(CCCO)nc2n(C)c1=O. The fraction of sp³-hybridized carbons (Fsp3) is 0.500. The molecule has 7 heteroatoms. The van der Waals surface area contributed by atoms with E-state index >= 15 is 0 Å². The van der Waals surface area contributed by atoms with Crippen LogP contribution in [0.2, 0.25) is 0 Å². The van der Waals surface area contributed by atoms with Gasteiger partial charge in [0.1, 0.15) is 11.3 Å². The summed E-state index contributed by atoms with van der Waals surface area (Å²) in [6, 6.07) is 0. The second kappa shape index (κ2) is 4.17. The Morgan fingerprint density at radius 2 is 2.00 bits per heavy atom. The predicted molar refractivity (Wildman–Crippen MR) is 62.0 cm³/mol. The Kier molecular flexibility index (Phi) is 2.84. The summed E-state index contributed by atoms with van der Waals surface area (Å²) in [6.07, 6.45) is 1.11. The van der Waals surface area contributed by atoms with Crippen LogP contribution >= 0.6 is 0 Å². The van der Waals surface area contributed by atoms with E-state index in [9.17, 15) is 9.59 Å². The lowest BCUT2D eigenvalue weighted by atomic mass is 10.3. The molecule has 0 saturated heterocycles.